The number of thioether (sulfide) groups is 1. The van der Waals surface area contributed by atoms with E-state index in [1.165, 1.54) is 22.7 Å². The number of amides is 2. The zero-order chi connectivity index (χ0) is 25.4. The molecule has 0 radical (unpaired) electrons. The number of carboxylic acid groups (broad SMARTS) is 1. The summed E-state index contributed by atoms with van der Waals surface area (Å²) in [4.78, 5) is 41.2. The second kappa shape index (κ2) is 10.1. The molecule has 35 heavy (non-hydrogen) atoms. The molecule has 2 fully saturated rings. The number of carbonyl (C=O) groups is 3. The molecule has 3 aliphatic heterocycles. The van der Waals surface area contributed by atoms with Crippen molar-refractivity contribution in [1.29, 1.82) is 0 Å². The summed E-state index contributed by atoms with van der Waals surface area (Å²) < 4.78 is 9.36. The highest BCUT2D eigenvalue weighted by atomic mass is 32.2. The fraction of sp³-hybridized carbons (Fsp3) is 0.583. The molecule has 190 valence electrons. The van der Waals surface area contributed by atoms with Gasteiger partial charge in [0.1, 0.15) is 12.3 Å². The molecular formula is C24H33N4O6S+. The largest absolute Gasteiger partial charge is 0.477 e. The number of ether oxygens (including phenoxy) is 1. The Morgan fingerprint density at radius 3 is 2.77 bits per heavy atom. The van der Waals surface area contributed by atoms with Crippen LogP contribution in [0.2, 0.25) is 0 Å². The summed E-state index contributed by atoms with van der Waals surface area (Å²) in [5.41, 5.74) is 0.0120. The Labute approximate surface area is 208 Å². The number of hydrogen-bond donors (Lipinski definition) is 2. The SMILES string of the molecule is C=CCOC(=O)N1C[C@@H](SC2=C(C(=O)O)N3C(=O)[C@H]([C@@H](C)O)[C@H]3[C@H]2C)C[C@H]1CCn1ccc[n+]1C. The van der Waals surface area contributed by atoms with Crippen LogP contribution < -0.4 is 4.68 Å². The van der Waals surface area contributed by atoms with Crippen molar-refractivity contribution in [1.82, 2.24) is 14.5 Å². The molecular weight excluding hydrogens is 472 g/mol. The van der Waals surface area contributed by atoms with Gasteiger partial charge in [-0.1, -0.05) is 19.6 Å². The number of likely N-dealkylation sites (tertiary alicyclic amines) is 1. The third-order valence-corrected chi connectivity index (χ3v) is 8.69. The van der Waals surface area contributed by atoms with Gasteiger partial charge in [-0.15, -0.1) is 16.4 Å². The second-order valence-electron chi connectivity index (χ2n) is 9.44. The minimum absolute atomic E-state index is 0.0120. The van der Waals surface area contributed by atoms with Gasteiger partial charge < -0.3 is 24.7 Å². The summed E-state index contributed by atoms with van der Waals surface area (Å²) in [6.45, 7) is 8.34. The molecule has 0 bridgehead atoms. The van der Waals surface area contributed by atoms with Crippen molar-refractivity contribution in [2.45, 2.75) is 56.7 Å². The number of carboxylic acids is 1. The number of aliphatic carboxylic acids is 1. The molecule has 2 amide bonds. The van der Waals surface area contributed by atoms with E-state index in [0.717, 1.165) is 13.0 Å². The Balaban J connectivity index is 1.52. The summed E-state index contributed by atoms with van der Waals surface area (Å²) in [7, 11) is 1.95. The lowest BCUT2D eigenvalue weighted by atomic mass is 9.79. The van der Waals surface area contributed by atoms with Gasteiger partial charge in [0.15, 0.2) is 13.2 Å². The zero-order valence-corrected chi connectivity index (χ0v) is 21.1. The van der Waals surface area contributed by atoms with Gasteiger partial charge in [-0.2, -0.15) is 4.68 Å². The summed E-state index contributed by atoms with van der Waals surface area (Å²) in [5.74, 6) is -2.29. The average Bonchev–Trinajstić information content (AvgIpc) is 3.46. The first-order valence-electron chi connectivity index (χ1n) is 11.9. The zero-order valence-electron chi connectivity index (χ0n) is 20.2. The number of fused-ring (bicyclic) bond motifs is 1. The molecule has 4 rings (SSSR count). The van der Waals surface area contributed by atoms with Gasteiger partial charge in [0.25, 0.3) is 0 Å². The number of carbonyl (C=O) groups excluding carboxylic acids is 2. The van der Waals surface area contributed by atoms with E-state index in [1.807, 2.05) is 37.1 Å². The molecule has 0 aromatic carbocycles. The minimum atomic E-state index is -1.14. The smallest absolute Gasteiger partial charge is 0.410 e. The Morgan fingerprint density at radius 1 is 1.43 bits per heavy atom. The molecule has 10 nitrogen and oxygen atoms in total. The van der Waals surface area contributed by atoms with Crippen molar-refractivity contribution in [2.24, 2.45) is 18.9 Å². The third-order valence-electron chi connectivity index (χ3n) is 7.20. The third kappa shape index (κ3) is 4.58. The molecule has 0 aliphatic carbocycles. The van der Waals surface area contributed by atoms with E-state index in [0.29, 0.717) is 17.9 Å². The van der Waals surface area contributed by atoms with E-state index in [2.05, 4.69) is 11.3 Å². The van der Waals surface area contributed by atoms with Crippen LogP contribution in [0.25, 0.3) is 0 Å². The summed E-state index contributed by atoms with van der Waals surface area (Å²) in [6, 6.07) is 1.54. The standard InChI is InChI=1S/C24H32N4O6S/c1-5-11-34-24(33)27-13-17(12-16(27)7-10-26-9-6-8-25(26)4)35-21-14(2)19-18(15(3)29)22(30)28(19)20(21)23(31)32/h5-6,8-9,14-19,29H,1,7,10-13H2,2-4H3/p+1/t14-,15-,16-,17+,18-,19-/m1/s1. The molecule has 0 saturated carbocycles. The highest BCUT2D eigenvalue weighted by molar-refractivity contribution is 8.03. The first kappa shape index (κ1) is 25.3. The fourth-order valence-electron chi connectivity index (χ4n) is 5.49. The predicted molar refractivity (Wildman–Crippen MR) is 128 cm³/mol. The molecule has 6 atom stereocenters. The van der Waals surface area contributed by atoms with Crippen LogP contribution in [0.15, 0.2) is 41.7 Å². The Morgan fingerprint density at radius 2 is 2.17 bits per heavy atom. The lowest BCUT2D eigenvalue weighted by Gasteiger charge is -2.46. The molecule has 0 spiro atoms. The van der Waals surface area contributed by atoms with Crippen LogP contribution in [0.3, 0.4) is 0 Å². The number of aliphatic hydroxyl groups is 1. The normalized spacial score (nSPS) is 28.7. The number of aliphatic hydroxyl groups excluding tert-OH is 1. The number of β-lactam (4-membered cyclic amide) rings is 1. The van der Waals surface area contributed by atoms with Gasteiger partial charge >= 0.3 is 12.1 Å². The quantitative estimate of drug-likeness (QED) is 0.296. The number of rotatable bonds is 9. The highest BCUT2D eigenvalue weighted by Crippen LogP contribution is 2.52. The maximum absolute atomic E-state index is 12.8. The van der Waals surface area contributed by atoms with E-state index < -0.39 is 24.1 Å². The van der Waals surface area contributed by atoms with E-state index in [-0.39, 0.29) is 41.5 Å². The molecule has 2 saturated heterocycles. The van der Waals surface area contributed by atoms with Gasteiger partial charge in [-0.05, 0) is 19.8 Å². The van der Waals surface area contributed by atoms with Crippen molar-refractivity contribution in [3.8, 4) is 0 Å². The van der Waals surface area contributed by atoms with Crippen molar-refractivity contribution in [2.75, 3.05) is 13.2 Å². The van der Waals surface area contributed by atoms with Gasteiger partial charge in [0, 0.05) is 34.7 Å². The minimum Gasteiger partial charge on any atom is -0.477 e. The van der Waals surface area contributed by atoms with Crippen LogP contribution in [0, 0.1) is 11.8 Å². The van der Waals surface area contributed by atoms with Gasteiger partial charge in [0.2, 0.25) is 5.91 Å². The van der Waals surface area contributed by atoms with Crippen LogP contribution in [0.5, 0.6) is 0 Å². The van der Waals surface area contributed by atoms with Crippen LogP contribution in [-0.2, 0) is 27.9 Å². The number of hydrogen-bond acceptors (Lipinski definition) is 6. The lowest BCUT2D eigenvalue weighted by Crippen LogP contribution is -2.63. The Kier molecular flexibility index (Phi) is 7.27. The second-order valence-corrected chi connectivity index (χ2v) is 10.8. The van der Waals surface area contributed by atoms with Crippen molar-refractivity contribution < 1.29 is 34.0 Å². The first-order chi connectivity index (χ1) is 16.6. The average molecular weight is 506 g/mol. The van der Waals surface area contributed by atoms with E-state index >= 15 is 0 Å². The van der Waals surface area contributed by atoms with Gasteiger partial charge in [-0.3, -0.25) is 4.79 Å². The molecule has 4 heterocycles. The van der Waals surface area contributed by atoms with Gasteiger partial charge in [0.05, 0.1) is 30.8 Å². The van der Waals surface area contributed by atoms with Crippen molar-refractivity contribution >= 4 is 29.7 Å². The molecule has 0 unspecified atom stereocenters. The maximum Gasteiger partial charge on any atom is 0.410 e. The lowest BCUT2D eigenvalue weighted by molar-refractivity contribution is -0.753. The molecule has 1 aromatic heterocycles. The highest BCUT2D eigenvalue weighted by Gasteiger charge is 2.60. The number of nitrogens with zero attached hydrogens (tertiary/aromatic N) is 4. The maximum atomic E-state index is 12.8. The topological polar surface area (TPSA) is 116 Å². The van der Waals surface area contributed by atoms with Crippen LogP contribution >= 0.6 is 11.8 Å². The van der Waals surface area contributed by atoms with Crippen molar-refractivity contribution in [3.63, 3.8) is 0 Å². The van der Waals surface area contributed by atoms with Crippen molar-refractivity contribution in [3.05, 3.63) is 41.7 Å². The predicted octanol–water partition coefficient (Wildman–Crippen LogP) is 1.36. The monoisotopic (exact) mass is 505 g/mol. The molecule has 2 N–H and O–H groups in total. The van der Waals surface area contributed by atoms with Crippen LogP contribution in [-0.4, -0.2) is 79.3 Å². The van der Waals surface area contributed by atoms with Crippen LogP contribution in [0.1, 0.15) is 26.7 Å². The van der Waals surface area contributed by atoms with E-state index in [1.54, 1.807) is 11.8 Å². The van der Waals surface area contributed by atoms with E-state index in [9.17, 15) is 24.6 Å². The Bertz CT molecular complexity index is 1050. The van der Waals surface area contributed by atoms with E-state index in [4.69, 9.17) is 4.74 Å². The fourth-order valence-corrected chi connectivity index (χ4v) is 7.06. The summed E-state index contributed by atoms with van der Waals surface area (Å²) in [6.07, 6.45) is 5.61. The summed E-state index contributed by atoms with van der Waals surface area (Å²) >= 11 is 1.44. The number of aryl methyl sites for hydroxylation is 2. The molecule has 1 aromatic rings. The molecule has 3 aliphatic rings. The molecule has 11 heteroatoms. The van der Waals surface area contributed by atoms with Crippen LogP contribution in [0.4, 0.5) is 4.79 Å². The Hall–Kier alpha value is -2.79. The van der Waals surface area contributed by atoms with Gasteiger partial charge in [-0.25, -0.2) is 9.59 Å². The summed E-state index contributed by atoms with van der Waals surface area (Å²) in [5, 5.41) is 19.9. The first-order valence-corrected chi connectivity index (χ1v) is 12.7. The number of aromatic nitrogens is 2.